The fraction of sp³-hybridized carbons (Fsp3) is 0.208. The van der Waals surface area contributed by atoms with Crippen molar-refractivity contribution in [2.45, 2.75) is 33.5 Å². The summed E-state index contributed by atoms with van der Waals surface area (Å²) >= 11 is 0. The molecule has 0 aliphatic heterocycles. The first-order valence-electron chi connectivity index (χ1n) is 10.1. The molecule has 0 aliphatic rings. The summed E-state index contributed by atoms with van der Waals surface area (Å²) in [4.78, 5) is 23.4. The summed E-state index contributed by atoms with van der Waals surface area (Å²) in [5.41, 5.74) is 4.86. The van der Waals surface area contributed by atoms with Crippen LogP contribution in [0, 0.1) is 6.92 Å². The van der Waals surface area contributed by atoms with Crippen molar-refractivity contribution in [3.05, 3.63) is 82.7 Å². The number of H-pyrrole nitrogens is 1. The fourth-order valence-electron chi connectivity index (χ4n) is 3.11. The van der Waals surface area contributed by atoms with E-state index in [-0.39, 0.29) is 11.7 Å². The van der Waals surface area contributed by atoms with Crippen molar-refractivity contribution in [3.8, 4) is 22.5 Å². The molecule has 0 spiro atoms. The van der Waals surface area contributed by atoms with Crippen LogP contribution >= 0.6 is 0 Å². The van der Waals surface area contributed by atoms with Gasteiger partial charge in [-0.25, -0.2) is 4.98 Å². The van der Waals surface area contributed by atoms with Crippen LogP contribution in [0.4, 0.5) is 11.7 Å². The van der Waals surface area contributed by atoms with Gasteiger partial charge in [-0.05, 0) is 56.2 Å². The van der Waals surface area contributed by atoms with Gasteiger partial charge in [0.05, 0.1) is 18.9 Å². The predicted octanol–water partition coefficient (Wildman–Crippen LogP) is 5.07. The normalized spacial score (nSPS) is 11.1. The molecule has 0 aliphatic carbocycles. The van der Waals surface area contributed by atoms with E-state index in [1.54, 1.807) is 36.9 Å². The van der Waals surface area contributed by atoms with Gasteiger partial charge >= 0.3 is 0 Å². The summed E-state index contributed by atoms with van der Waals surface area (Å²) in [5.74, 6) is 0.557. The Morgan fingerprint density at radius 2 is 1.97 bits per heavy atom. The highest BCUT2D eigenvalue weighted by molar-refractivity contribution is 5.69. The van der Waals surface area contributed by atoms with E-state index < -0.39 is 0 Å². The Kier molecular flexibility index (Phi) is 5.95. The average molecular weight is 416 g/mol. The zero-order valence-corrected chi connectivity index (χ0v) is 17.7. The molecule has 7 nitrogen and oxygen atoms in total. The zero-order valence-electron chi connectivity index (χ0n) is 17.7. The summed E-state index contributed by atoms with van der Waals surface area (Å²) < 4.78 is 11.6. The van der Waals surface area contributed by atoms with Crippen molar-refractivity contribution >= 4 is 11.7 Å². The minimum absolute atomic E-state index is 0.168. The lowest BCUT2D eigenvalue weighted by atomic mass is 10.1. The lowest BCUT2D eigenvalue weighted by Gasteiger charge is -2.11. The van der Waals surface area contributed by atoms with Gasteiger partial charge in [0.15, 0.2) is 5.76 Å². The third-order valence-electron chi connectivity index (χ3n) is 4.78. The third kappa shape index (κ3) is 4.90. The van der Waals surface area contributed by atoms with E-state index in [1.807, 2.05) is 45.0 Å². The van der Waals surface area contributed by atoms with Crippen LogP contribution in [-0.2, 0) is 11.3 Å². The number of rotatable bonds is 7. The van der Waals surface area contributed by atoms with Gasteiger partial charge in [-0.15, -0.1) is 0 Å². The van der Waals surface area contributed by atoms with Crippen molar-refractivity contribution in [3.63, 3.8) is 0 Å². The maximum atomic E-state index is 12.1. The number of aromatic nitrogens is 3. The smallest absolute Gasteiger partial charge is 0.299 e. The van der Waals surface area contributed by atoms with Crippen LogP contribution < -0.4 is 10.9 Å². The molecule has 0 radical (unpaired) electrons. The molecule has 0 amide bonds. The Morgan fingerprint density at radius 1 is 1.13 bits per heavy atom. The first kappa shape index (κ1) is 20.6. The van der Waals surface area contributed by atoms with E-state index in [0.717, 1.165) is 22.4 Å². The molecule has 0 fully saturated rings. The van der Waals surface area contributed by atoms with Crippen molar-refractivity contribution < 1.29 is 9.15 Å². The number of hydrogen-bond donors (Lipinski definition) is 2. The van der Waals surface area contributed by atoms with Gasteiger partial charge < -0.3 is 19.5 Å². The number of ether oxygens (including phenoxy) is 1. The van der Waals surface area contributed by atoms with Crippen molar-refractivity contribution in [1.82, 2.24) is 15.0 Å². The number of aryl methyl sites for hydroxylation is 1. The Hall–Kier alpha value is -3.71. The molecule has 3 heterocycles. The molecule has 158 valence electrons. The SMILES string of the molecule is Cc1ccc(COC(C)C)cc1Nc1ncc(-c2cncc(-c3ccc[nH]c3=O)c2)o1. The molecular formula is C24H24N4O3. The van der Waals surface area contributed by atoms with Crippen LogP contribution in [0.25, 0.3) is 22.5 Å². The van der Waals surface area contributed by atoms with E-state index in [4.69, 9.17) is 9.15 Å². The van der Waals surface area contributed by atoms with Gasteiger partial charge in [0.2, 0.25) is 0 Å². The number of aromatic amines is 1. The van der Waals surface area contributed by atoms with Crippen molar-refractivity contribution in [1.29, 1.82) is 0 Å². The second-order valence-electron chi connectivity index (χ2n) is 7.54. The standard InChI is InChI=1S/C24H24N4O3/c1-15(2)30-14-17-7-6-16(3)21(9-17)28-24-27-13-22(31-24)19-10-18(11-25-12-19)20-5-4-8-26-23(20)29/h4-13,15H,14H2,1-3H3,(H,26,29)(H,27,28). The molecule has 7 heteroatoms. The quantitative estimate of drug-likeness (QED) is 0.437. The lowest BCUT2D eigenvalue weighted by Crippen LogP contribution is -2.07. The third-order valence-corrected chi connectivity index (χ3v) is 4.78. The fourth-order valence-corrected chi connectivity index (χ4v) is 3.11. The lowest BCUT2D eigenvalue weighted by molar-refractivity contribution is 0.0657. The number of pyridine rings is 2. The number of benzene rings is 1. The number of hydrogen-bond acceptors (Lipinski definition) is 6. The Balaban J connectivity index is 1.56. The zero-order chi connectivity index (χ0) is 21.8. The Bertz CT molecular complexity index is 1240. The van der Waals surface area contributed by atoms with Crippen LogP contribution in [0.1, 0.15) is 25.0 Å². The minimum Gasteiger partial charge on any atom is -0.423 e. The van der Waals surface area contributed by atoms with Gasteiger partial charge in [0.25, 0.3) is 11.6 Å². The molecule has 0 atom stereocenters. The van der Waals surface area contributed by atoms with Crippen LogP contribution in [0.5, 0.6) is 0 Å². The van der Waals surface area contributed by atoms with Gasteiger partial charge in [-0.3, -0.25) is 9.78 Å². The second kappa shape index (κ2) is 8.97. The highest BCUT2D eigenvalue weighted by Crippen LogP contribution is 2.28. The summed E-state index contributed by atoms with van der Waals surface area (Å²) in [7, 11) is 0. The summed E-state index contributed by atoms with van der Waals surface area (Å²) in [5, 5.41) is 3.24. The van der Waals surface area contributed by atoms with Crippen molar-refractivity contribution in [2.75, 3.05) is 5.32 Å². The monoisotopic (exact) mass is 416 g/mol. The second-order valence-corrected chi connectivity index (χ2v) is 7.54. The largest absolute Gasteiger partial charge is 0.423 e. The topological polar surface area (TPSA) is 93.0 Å². The number of oxazole rings is 1. The van der Waals surface area contributed by atoms with Crippen LogP contribution in [0.2, 0.25) is 0 Å². The highest BCUT2D eigenvalue weighted by atomic mass is 16.5. The van der Waals surface area contributed by atoms with E-state index in [1.165, 1.54) is 0 Å². The minimum atomic E-state index is -0.168. The van der Waals surface area contributed by atoms with Crippen LogP contribution in [0.3, 0.4) is 0 Å². The molecule has 4 aromatic rings. The van der Waals surface area contributed by atoms with Crippen LogP contribution in [0.15, 0.2) is 70.4 Å². The van der Waals surface area contributed by atoms with Gasteiger partial charge in [0.1, 0.15) is 0 Å². The maximum Gasteiger partial charge on any atom is 0.299 e. The Morgan fingerprint density at radius 3 is 2.77 bits per heavy atom. The molecule has 0 saturated carbocycles. The van der Waals surface area contributed by atoms with E-state index in [9.17, 15) is 4.79 Å². The van der Waals surface area contributed by atoms with E-state index in [2.05, 4.69) is 20.3 Å². The molecule has 0 saturated heterocycles. The van der Waals surface area contributed by atoms with E-state index in [0.29, 0.717) is 29.5 Å². The van der Waals surface area contributed by atoms with E-state index >= 15 is 0 Å². The van der Waals surface area contributed by atoms with Crippen molar-refractivity contribution in [2.24, 2.45) is 0 Å². The molecule has 3 aromatic heterocycles. The first-order valence-corrected chi connectivity index (χ1v) is 10.1. The summed E-state index contributed by atoms with van der Waals surface area (Å²) in [6.45, 7) is 6.59. The number of nitrogens with zero attached hydrogens (tertiary/aromatic N) is 2. The molecular weight excluding hydrogens is 392 g/mol. The molecule has 31 heavy (non-hydrogen) atoms. The molecule has 4 rings (SSSR count). The van der Waals surface area contributed by atoms with Gasteiger partial charge in [-0.1, -0.05) is 12.1 Å². The number of anilines is 2. The average Bonchev–Trinajstić information content (AvgIpc) is 3.23. The van der Waals surface area contributed by atoms with Crippen LogP contribution in [-0.4, -0.2) is 21.1 Å². The molecule has 1 aromatic carbocycles. The Labute approximate surface area is 180 Å². The van der Waals surface area contributed by atoms with Gasteiger partial charge in [0, 0.05) is 41.0 Å². The highest BCUT2D eigenvalue weighted by Gasteiger charge is 2.11. The molecule has 0 bridgehead atoms. The summed E-state index contributed by atoms with van der Waals surface area (Å²) in [6, 6.07) is 11.9. The first-order chi connectivity index (χ1) is 15.0. The molecule has 0 unspecified atom stereocenters. The summed E-state index contributed by atoms with van der Waals surface area (Å²) in [6.07, 6.45) is 6.74. The maximum absolute atomic E-state index is 12.1. The molecule has 2 N–H and O–H groups in total. The predicted molar refractivity (Wildman–Crippen MR) is 120 cm³/mol. The number of nitrogens with one attached hydrogen (secondary N) is 2. The van der Waals surface area contributed by atoms with Gasteiger partial charge in [-0.2, -0.15) is 0 Å².